The maximum atomic E-state index is 11.1. The molecule has 0 rings (SSSR count). The first-order chi connectivity index (χ1) is 7.06. The summed E-state index contributed by atoms with van der Waals surface area (Å²) in [6.07, 6.45) is 1.96. The Labute approximate surface area is 95.8 Å². The first-order valence-corrected chi connectivity index (χ1v) is 6.30. The molecule has 0 aliphatic carbocycles. The van der Waals surface area contributed by atoms with Gasteiger partial charge in [0.1, 0.15) is 0 Å². The lowest BCUT2D eigenvalue weighted by molar-refractivity contribution is -0.144. The van der Waals surface area contributed by atoms with Crippen molar-refractivity contribution in [1.29, 1.82) is 0 Å². The van der Waals surface area contributed by atoms with E-state index in [2.05, 4.69) is 10.1 Å². The van der Waals surface area contributed by atoms with E-state index in [0.717, 1.165) is 0 Å². The fraction of sp³-hybridized carbons (Fsp3) is 0.900. The van der Waals surface area contributed by atoms with Crippen molar-refractivity contribution in [2.45, 2.75) is 25.1 Å². The molecular formula is C10H21NO3S. The van der Waals surface area contributed by atoms with E-state index >= 15 is 0 Å². The Hall–Kier alpha value is -0.260. The van der Waals surface area contributed by atoms with Crippen LogP contribution in [0.4, 0.5) is 0 Å². The van der Waals surface area contributed by atoms with Crippen LogP contribution in [-0.4, -0.2) is 48.9 Å². The third-order valence-corrected chi connectivity index (χ3v) is 3.55. The molecule has 0 amide bonds. The van der Waals surface area contributed by atoms with Gasteiger partial charge >= 0.3 is 5.97 Å². The molecular weight excluding hydrogens is 214 g/mol. The molecule has 0 saturated carbocycles. The molecule has 0 aromatic rings. The van der Waals surface area contributed by atoms with Gasteiger partial charge in [-0.1, -0.05) is 6.92 Å². The van der Waals surface area contributed by atoms with E-state index in [0.29, 0.717) is 6.54 Å². The monoisotopic (exact) mass is 235 g/mol. The maximum absolute atomic E-state index is 11.1. The van der Waals surface area contributed by atoms with Crippen molar-refractivity contribution >= 4 is 17.7 Å². The lowest BCUT2D eigenvalue weighted by Crippen LogP contribution is -2.41. The number of aliphatic hydroxyl groups is 1. The Kier molecular flexibility index (Phi) is 7.82. The van der Waals surface area contributed by atoms with E-state index in [1.807, 2.05) is 20.1 Å². The highest BCUT2D eigenvalue weighted by molar-refractivity contribution is 7.99. The van der Waals surface area contributed by atoms with Gasteiger partial charge in [-0.2, -0.15) is 11.8 Å². The van der Waals surface area contributed by atoms with Crippen LogP contribution >= 0.6 is 11.8 Å². The first-order valence-electron chi connectivity index (χ1n) is 5.01. The number of nitrogens with one attached hydrogen (secondary N) is 1. The minimum absolute atomic E-state index is 0.141. The van der Waals surface area contributed by atoms with E-state index in [1.54, 1.807) is 11.8 Å². The third-order valence-electron chi connectivity index (χ3n) is 2.39. The summed E-state index contributed by atoms with van der Waals surface area (Å²) in [4.78, 5) is 11.1. The summed E-state index contributed by atoms with van der Waals surface area (Å²) in [6.45, 7) is 4.53. The van der Waals surface area contributed by atoms with Gasteiger partial charge < -0.3 is 15.2 Å². The second-order valence-electron chi connectivity index (χ2n) is 3.58. The molecule has 0 heterocycles. The zero-order chi connectivity index (χ0) is 11.8. The molecule has 0 aliphatic heterocycles. The highest BCUT2D eigenvalue weighted by Gasteiger charge is 2.18. The second kappa shape index (κ2) is 7.96. The van der Waals surface area contributed by atoms with Gasteiger partial charge in [0.15, 0.2) is 0 Å². The fourth-order valence-corrected chi connectivity index (χ4v) is 1.87. The van der Waals surface area contributed by atoms with Crippen molar-refractivity contribution < 1.29 is 14.6 Å². The number of hydrogen-bond acceptors (Lipinski definition) is 5. The zero-order valence-corrected chi connectivity index (χ0v) is 10.6. The van der Waals surface area contributed by atoms with Crippen LogP contribution in [0.1, 0.15) is 13.8 Å². The van der Waals surface area contributed by atoms with Crippen molar-refractivity contribution in [2.75, 3.05) is 26.5 Å². The van der Waals surface area contributed by atoms with Crippen LogP contribution in [-0.2, 0) is 9.53 Å². The number of carbonyl (C=O) groups excluding carboxylic acids is 1. The molecule has 0 bridgehead atoms. The predicted octanol–water partition coefficient (Wildman–Crippen LogP) is 0.497. The van der Waals surface area contributed by atoms with Crippen LogP contribution in [0.25, 0.3) is 0 Å². The molecule has 0 radical (unpaired) electrons. The van der Waals surface area contributed by atoms with Crippen LogP contribution in [0.15, 0.2) is 0 Å². The summed E-state index contributed by atoms with van der Waals surface area (Å²) >= 11 is 1.62. The second-order valence-corrected chi connectivity index (χ2v) is 4.65. The number of methoxy groups -OCH3 is 1. The van der Waals surface area contributed by atoms with Crippen molar-refractivity contribution in [3.63, 3.8) is 0 Å². The molecule has 3 unspecified atom stereocenters. The summed E-state index contributed by atoms with van der Waals surface area (Å²) in [5, 5.41) is 12.4. The van der Waals surface area contributed by atoms with Crippen molar-refractivity contribution in [1.82, 2.24) is 5.32 Å². The number of rotatable bonds is 7. The van der Waals surface area contributed by atoms with Gasteiger partial charge in [0.2, 0.25) is 0 Å². The average molecular weight is 235 g/mol. The smallest absolute Gasteiger partial charge is 0.309 e. The number of hydrogen-bond donors (Lipinski definition) is 2. The summed E-state index contributed by atoms with van der Waals surface area (Å²) in [5.41, 5.74) is 0. The van der Waals surface area contributed by atoms with Gasteiger partial charge in [0.25, 0.3) is 0 Å². The molecule has 0 aliphatic rings. The lowest BCUT2D eigenvalue weighted by Gasteiger charge is -2.22. The number of ether oxygens (including phenoxy) is 1. The lowest BCUT2D eigenvalue weighted by atomic mass is 10.1. The Balaban J connectivity index is 3.88. The van der Waals surface area contributed by atoms with Crippen molar-refractivity contribution in [3.8, 4) is 0 Å². The van der Waals surface area contributed by atoms with Gasteiger partial charge in [-0.3, -0.25) is 4.79 Å². The molecule has 4 nitrogen and oxygen atoms in total. The van der Waals surface area contributed by atoms with E-state index in [4.69, 9.17) is 5.11 Å². The molecule has 0 aromatic heterocycles. The van der Waals surface area contributed by atoms with E-state index in [9.17, 15) is 4.79 Å². The number of carbonyl (C=O) groups is 1. The molecule has 0 fully saturated rings. The largest absolute Gasteiger partial charge is 0.469 e. The molecule has 3 atom stereocenters. The SMILES string of the molecule is COC(=O)C(C)CNC(C)C(CO)SC. The van der Waals surface area contributed by atoms with Crippen LogP contribution in [0.2, 0.25) is 0 Å². The minimum Gasteiger partial charge on any atom is -0.469 e. The molecule has 2 N–H and O–H groups in total. The predicted molar refractivity (Wildman–Crippen MR) is 63.0 cm³/mol. The number of thioether (sulfide) groups is 1. The number of aliphatic hydroxyl groups excluding tert-OH is 1. The normalized spacial score (nSPS) is 16.9. The Bertz CT molecular complexity index is 186. The van der Waals surface area contributed by atoms with Crippen molar-refractivity contribution in [3.05, 3.63) is 0 Å². The van der Waals surface area contributed by atoms with Crippen LogP contribution < -0.4 is 5.32 Å². The highest BCUT2D eigenvalue weighted by Crippen LogP contribution is 2.10. The molecule has 5 heteroatoms. The Morgan fingerprint density at radius 1 is 1.53 bits per heavy atom. The molecule has 0 saturated heterocycles. The molecule has 0 aromatic carbocycles. The number of esters is 1. The van der Waals surface area contributed by atoms with E-state index in [-0.39, 0.29) is 29.8 Å². The van der Waals surface area contributed by atoms with Gasteiger partial charge in [-0.15, -0.1) is 0 Å². The van der Waals surface area contributed by atoms with Gasteiger partial charge in [-0.05, 0) is 13.2 Å². The van der Waals surface area contributed by atoms with Crippen LogP contribution in [0.5, 0.6) is 0 Å². The van der Waals surface area contributed by atoms with Gasteiger partial charge in [-0.25, -0.2) is 0 Å². The van der Waals surface area contributed by atoms with Gasteiger partial charge in [0.05, 0.1) is 19.6 Å². The minimum atomic E-state index is -0.209. The third kappa shape index (κ3) is 5.39. The maximum Gasteiger partial charge on any atom is 0.309 e. The molecule has 15 heavy (non-hydrogen) atoms. The van der Waals surface area contributed by atoms with E-state index in [1.165, 1.54) is 7.11 Å². The van der Waals surface area contributed by atoms with Crippen LogP contribution in [0, 0.1) is 5.92 Å². The summed E-state index contributed by atoms with van der Waals surface area (Å²) < 4.78 is 4.62. The van der Waals surface area contributed by atoms with Gasteiger partial charge in [0, 0.05) is 17.8 Å². The quantitative estimate of drug-likeness (QED) is 0.629. The average Bonchev–Trinajstić information content (AvgIpc) is 2.26. The standard InChI is InChI=1S/C10H21NO3S/c1-7(10(13)14-3)5-11-8(2)9(6-12)15-4/h7-9,11-12H,5-6H2,1-4H3. The summed E-state index contributed by atoms with van der Waals surface area (Å²) in [5.74, 6) is -0.363. The molecule has 90 valence electrons. The summed E-state index contributed by atoms with van der Waals surface area (Å²) in [7, 11) is 1.39. The fourth-order valence-electron chi connectivity index (χ4n) is 1.22. The topological polar surface area (TPSA) is 58.6 Å². The van der Waals surface area contributed by atoms with Crippen molar-refractivity contribution in [2.24, 2.45) is 5.92 Å². The van der Waals surface area contributed by atoms with Crippen LogP contribution in [0.3, 0.4) is 0 Å². The Morgan fingerprint density at radius 2 is 2.13 bits per heavy atom. The first kappa shape index (κ1) is 14.7. The Morgan fingerprint density at radius 3 is 2.53 bits per heavy atom. The molecule has 0 spiro atoms. The zero-order valence-electron chi connectivity index (χ0n) is 9.82. The van der Waals surface area contributed by atoms with E-state index < -0.39 is 0 Å². The highest BCUT2D eigenvalue weighted by atomic mass is 32.2. The summed E-state index contributed by atoms with van der Waals surface area (Å²) in [6, 6.07) is 0.178.